The topological polar surface area (TPSA) is 58.2 Å². The van der Waals surface area contributed by atoms with Gasteiger partial charge in [0.05, 0.1) is 0 Å². The van der Waals surface area contributed by atoms with E-state index in [2.05, 4.69) is 10.6 Å². The number of rotatable bonds is 5. The Bertz CT molecular complexity index is 583. The molecule has 0 aliphatic rings. The van der Waals surface area contributed by atoms with Crippen LogP contribution in [0.1, 0.15) is 24.5 Å². The number of benzene rings is 1. The highest BCUT2D eigenvalue weighted by atomic mass is 35.5. The zero-order chi connectivity index (χ0) is 16.0. The van der Waals surface area contributed by atoms with Gasteiger partial charge in [0.15, 0.2) is 0 Å². The monoisotopic (exact) mass is 328 g/mol. The molecule has 0 saturated carbocycles. The number of nitrogens with one attached hydrogen (secondary N) is 2. The lowest BCUT2D eigenvalue weighted by Crippen LogP contribution is -2.26. The predicted octanol–water partition coefficient (Wildman–Crippen LogP) is 3.46. The number of hydrogen-bond acceptors (Lipinski definition) is 2. The number of hydrogen-bond donors (Lipinski definition) is 2. The molecule has 1 aromatic rings. The first-order valence-electron chi connectivity index (χ1n) is 6.58. The smallest absolute Gasteiger partial charge is 0.268 e. The van der Waals surface area contributed by atoms with Crippen LogP contribution < -0.4 is 10.6 Å². The van der Waals surface area contributed by atoms with Crippen LogP contribution in [-0.2, 0) is 9.59 Å². The fourth-order valence-electron chi connectivity index (χ4n) is 1.65. The number of halogens is 2. The summed E-state index contributed by atoms with van der Waals surface area (Å²) in [4.78, 5) is 23.7. The molecule has 1 aromatic carbocycles. The van der Waals surface area contributed by atoms with E-state index >= 15 is 0 Å². The average Bonchev–Trinajstić information content (AvgIpc) is 2.45. The molecule has 4 nitrogen and oxygen atoms in total. The highest BCUT2D eigenvalue weighted by Gasteiger charge is 2.18. The first-order chi connectivity index (χ1) is 9.86. The summed E-state index contributed by atoms with van der Waals surface area (Å²) >= 11 is 11.7. The van der Waals surface area contributed by atoms with Gasteiger partial charge < -0.3 is 10.6 Å². The van der Waals surface area contributed by atoms with Gasteiger partial charge in [-0.3, -0.25) is 9.59 Å². The minimum Gasteiger partial charge on any atom is -0.351 e. The van der Waals surface area contributed by atoms with E-state index < -0.39 is 11.8 Å². The molecule has 0 saturated heterocycles. The quantitative estimate of drug-likeness (QED) is 0.813. The number of amides is 2. The highest BCUT2D eigenvalue weighted by Crippen LogP contribution is 2.20. The molecule has 0 aromatic heterocycles. The van der Waals surface area contributed by atoms with Gasteiger partial charge in [0.25, 0.3) is 11.8 Å². The first-order valence-corrected chi connectivity index (χ1v) is 7.34. The molecular weight excluding hydrogens is 311 g/mol. The zero-order valence-corrected chi connectivity index (χ0v) is 13.7. The Labute approximate surface area is 134 Å². The van der Waals surface area contributed by atoms with Crippen molar-refractivity contribution in [3.63, 3.8) is 0 Å². The molecule has 0 unspecified atom stereocenters. The van der Waals surface area contributed by atoms with Gasteiger partial charge in [-0.25, -0.2) is 0 Å². The second kappa shape index (κ2) is 8.05. The number of anilines is 1. The van der Waals surface area contributed by atoms with Gasteiger partial charge in [-0.05, 0) is 31.9 Å². The van der Waals surface area contributed by atoms with E-state index in [1.807, 2.05) is 32.9 Å². The Balaban J connectivity index is 2.84. The molecule has 0 atom stereocenters. The van der Waals surface area contributed by atoms with Crippen molar-refractivity contribution >= 4 is 40.7 Å². The van der Waals surface area contributed by atoms with Crippen LogP contribution in [0.5, 0.6) is 0 Å². The normalized spacial score (nSPS) is 11.7. The van der Waals surface area contributed by atoms with Crippen LogP contribution in [0.4, 0.5) is 5.69 Å². The molecule has 0 spiro atoms. The third-order valence-electron chi connectivity index (χ3n) is 2.76. The molecule has 0 radical (unpaired) electrons. The molecule has 114 valence electrons. The summed E-state index contributed by atoms with van der Waals surface area (Å²) in [5, 5.41) is 4.55. The van der Waals surface area contributed by atoms with Crippen LogP contribution in [0.3, 0.4) is 0 Å². The Kier molecular flexibility index (Phi) is 6.72. The third-order valence-corrected chi connectivity index (χ3v) is 3.58. The standard InChI is InChI=1S/C15H18Cl2N2O2/c1-4-7-18-14(20)12(16)13(17)15(21)19-11-6-5-9(2)8-10(11)3/h5-6,8H,4,7H2,1-3H3,(H,18,20)(H,19,21)/b13-12-. The fourth-order valence-corrected chi connectivity index (χ4v) is 1.93. The van der Waals surface area contributed by atoms with Crippen molar-refractivity contribution in [2.24, 2.45) is 0 Å². The van der Waals surface area contributed by atoms with E-state index in [9.17, 15) is 9.59 Å². The van der Waals surface area contributed by atoms with Gasteiger partial charge in [0.2, 0.25) is 0 Å². The van der Waals surface area contributed by atoms with E-state index in [1.54, 1.807) is 6.07 Å². The van der Waals surface area contributed by atoms with Gasteiger partial charge >= 0.3 is 0 Å². The van der Waals surface area contributed by atoms with Crippen molar-refractivity contribution in [1.29, 1.82) is 0 Å². The zero-order valence-electron chi connectivity index (χ0n) is 12.2. The van der Waals surface area contributed by atoms with Gasteiger partial charge in [0.1, 0.15) is 10.1 Å². The average molecular weight is 329 g/mol. The van der Waals surface area contributed by atoms with E-state index in [1.165, 1.54) is 0 Å². The van der Waals surface area contributed by atoms with Crippen molar-refractivity contribution < 1.29 is 9.59 Å². The Morgan fingerprint density at radius 3 is 2.29 bits per heavy atom. The molecule has 2 amide bonds. The van der Waals surface area contributed by atoms with Crippen LogP contribution >= 0.6 is 23.2 Å². The Morgan fingerprint density at radius 2 is 1.71 bits per heavy atom. The second-order valence-corrected chi connectivity index (χ2v) is 5.41. The van der Waals surface area contributed by atoms with E-state index in [0.717, 1.165) is 17.5 Å². The largest absolute Gasteiger partial charge is 0.351 e. The van der Waals surface area contributed by atoms with Gasteiger partial charge in [-0.15, -0.1) is 0 Å². The molecule has 0 fully saturated rings. The third kappa shape index (κ3) is 5.06. The molecule has 2 N–H and O–H groups in total. The molecule has 21 heavy (non-hydrogen) atoms. The van der Waals surface area contributed by atoms with Crippen molar-refractivity contribution in [1.82, 2.24) is 5.32 Å². The van der Waals surface area contributed by atoms with Crippen molar-refractivity contribution in [3.05, 3.63) is 39.4 Å². The maximum absolute atomic E-state index is 12.0. The summed E-state index contributed by atoms with van der Waals surface area (Å²) in [5.41, 5.74) is 2.62. The van der Waals surface area contributed by atoms with Crippen molar-refractivity contribution in [2.75, 3.05) is 11.9 Å². The number of aryl methyl sites for hydroxylation is 2. The number of carbonyl (C=O) groups is 2. The summed E-state index contributed by atoms with van der Waals surface area (Å²) in [6.45, 7) is 6.21. The fraction of sp³-hybridized carbons (Fsp3) is 0.333. The summed E-state index contributed by atoms with van der Waals surface area (Å²) in [7, 11) is 0. The maximum Gasteiger partial charge on any atom is 0.268 e. The minimum absolute atomic E-state index is 0.313. The molecule has 0 heterocycles. The molecule has 1 rings (SSSR count). The number of carbonyl (C=O) groups excluding carboxylic acids is 2. The lowest BCUT2D eigenvalue weighted by atomic mass is 10.1. The van der Waals surface area contributed by atoms with Crippen molar-refractivity contribution in [2.45, 2.75) is 27.2 Å². The predicted molar refractivity (Wildman–Crippen MR) is 86.6 cm³/mol. The molecule has 6 heteroatoms. The lowest BCUT2D eigenvalue weighted by Gasteiger charge is -2.09. The Hall–Kier alpha value is -1.52. The van der Waals surface area contributed by atoms with E-state index in [-0.39, 0.29) is 10.1 Å². The second-order valence-electron chi connectivity index (χ2n) is 4.66. The van der Waals surface area contributed by atoms with Crippen LogP contribution in [-0.4, -0.2) is 18.4 Å². The summed E-state index contributed by atoms with van der Waals surface area (Å²) < 4.78 is 0. The molecule has 0 aliphatic carbocycles. The van der Waals surface area contributed by atoms with Crippen LogP contribution in [0, 0.1) is 13.8 Å². The van der Waals surface area contributed by atoms with Gasteiger partial charge in [-0.1, -0.05) is 47.8 Å². The molecular formula is C15H18Cl2N2O2. The van der Waals surface area contributed by atoms with Gasteiger partial charge in [-0.2, -0.15) is 0 Å². The Morgan fingerprint density at radius 1 is 1.10 bits per heavy atom. The lowest BCUT2D eigenvalue weighted by molar-refractivity contribution is -0.117. The summed E-state index contributed by atoms with van der Waals surface area (Å²) in [5.74, 6) is -1.17. The van der Waals surface area contributed by atoms with E-state index in [4.69, 9.17) is 23.2 Å². The highest BCUT2D eigenvalue weighted by molar-refractivity contribution is 6.54. The van der Waals surface area contributed by atoms with Crippen LogP contribution in [0.25, 0.3) is 0 Å². The van der Waals surface area contributed by atoms with E-state index in [0.29, 0.717) is 12.2 Å². The van der Waals surface area contributed by atoms with Crippen LogP contribution in [0.15, 0.2) is 28.3 Å². The summed E-state index contributed by atoms with van der Waals surface area (Å²) in [6, 6.07) is 5.58. The van der Waals surface area contributed by atoms with Crippen LogP contribution in [0.2, 0.25) is 0 Å². The van der Waals surface area contributed by atoms with Crippen molar-refractivity contribution in [3.8, 4) is 0 Å². The molecule has 0 bridgehead atoms. The first kappa shape index (κ1) is 17.5. The molecule has 0 aliphatic heterocycles. The summed E-state index contributed by atoms with van der Waals surface area (Å²) in [6.07, 6.45) is 0.766. The maximum atomic E-state index is 12.0. The SMILES string of the molecule is CCCNC(=O)/C(Cl)=C(/Cl)C(=O)Nc1ccc(C)cc1C. The van der Waals surface area contributed by atoms with Gasteiger partial charge in [0, 0.05) is 12.2 Å². The minimum atomic E-state index is -0.611.